The zero-order chi connectivity index (χ0) is 34.9. The Morgan fingerprint density at radius 1 is 0.681 bits per heavy atom. The average Bonchev–Trinajstić information content (AvgIpc) is 3.34. The number of benzene rings is 2. The lowest BCUT2D eigenvalue weighted by molar-refractivity contribution is 0.0648. The summed E-state index contributed by atoms with van der Waals surface area (Å²) in [5.41, 5.74) is 3.05. The predicted octanol–water partition coefficient (Wildman–Crippen LogP) is 7.45. The van der Waals surface area contributed by atoms with E-state index >= 15 is 0 Å². The van der Waals surface area contributed by atoms with Gasteiger partial charge in [0.05, 0.1) is 22.3 Å². The van der Waals surface area contributed by atoms with Crippen LogP contribution in [-0.2, 0) is 12.3 Å². The zero-order valence-electron chi connectivity index (χ0n) is 29.2. The smallest absolute Gasteiger partial charge is 0.342 e. The van der Waals surface area contributed by atoms with Crippen molar-refractivity contribution < 1.29 is 36.3 Å². The van der Waals surface area contributed by atoms with E-state index < -0.39 is 39.7 Å². The molecule has 14 heteroatoms. The monoisotopic (exact) mass is 712 g/mol. The molecule has 1 atom stereocenters. The van der Waals surface area contributed by atoms with Crippen LogP contribution in [0, 0.1) is 0 Å². The average molecular weight is 713 g/mol. The van der Waals surface area contributed by atoms with Crippen molar-refractivity contribution in [1.82, 2.24) is 9.80 Å². The molecular weight excluding hydrogens is 665 g/mol. The Morgan fingerprint density at radius 2 is 1.17 bits per heavy atom. The van der Waals surface area contributed by atoms with Gasteiger partial charge in [0, 0.05) is 13.6 Å². The van der Waals surface area contributed by atoms with E-state index in [0.29, 0.717) is 29.0 Å². The molecule has 0 fully saturated rings. The fourth-order valence-corrected chi connectivity index (χ4v) is 24.7. The van der Waals surface area contributed by atoms with E-state index in [4.69, 9.17) is 17.1 Å². The molecular formula is C33H48N2O8Si4. The second-order valence-corrected chi connectivity index (χ2v) is 29.8. The highest BCUT2D eigenvalue weighted by atomic mass is 28.5. The fourth-order valence-electron chi connectivity index (χ4n) is 6.27. The van der Waals surface area contributed by atoms with Crippen LogP contribution in [0.1, 0.15) is 67.6 Å². The first-order valence-corrected chi connectivity index (χ1v) is 27.6. The summed E-state index contributed by atoms with van der Waals surface area (Å²) in [5.74, 6) is -0.766. The third-order valence-electron chi connectivity index (χ3n) is 8.35. The summed E-state index contributed by atoms with van der Waals surface area (Å²) in [6.07, 6.45) is 2.88. The van der Waals surface area contributed by atoms with Gasteiger partial charge in [-0.25, -0.2) is 0 Å². The van der Waals surface area contributed by atoms with Crippen molar-refractivity contribution in [3.05, 3.63) is 70.9 Å². The minimum absolute atomic E-state index is 0.264. The number of nitrogens with zero attached hydrogens (tertiary/aromatic N) is 2. The van der Waals surface area contributed by atoms with Gasteiger partial charge >= 0.3 is 17.1 Å². The van der Waals surface area contributed by atoms with Crippen LogP contribution in [0.25, 0.3) is 0 Å². The minimum atomic E-state index is -2.65. The highest BCUT2D eigenvalue weighted by molar-refractivity contribution is 6.91. The highest BCUT2D eigenvalue weighted by Crippen LogP contribution is 2.33. The van der Waals surface area contributed by atoms with Crippen LogP contribution in [0.15, 0.2) is 48.7 Å². The Hall–Kier alpha value is -2.99. The first-order valence-electron chi connectivity index (χ1n) is 16.2. The molecule has 47 heavy (non-hydrogen) atoms. The van der Waals surface area contributed by atoms with Gasteiger partial charge in [-0.2, -0.15) is 0 Å². The number of carbonyl (C=O) groups is 4. The highest BCUT2D eigenvalue weighted by Gasteiger charge is 2.45. The van der Waals surface area contributed by atoms with Gasteiger partial charge in [-0.05, 0) is 101 Å². The molecule has 0 N–H and O–H groups in total. The number of hydrogen-bond donors (Lipinski definition) is 0. The van der Waals surface area contributed by atoms with Crippen molar-refractivity contribution in [2.75, 3.05) is 13.6 Å². The van der Waals surface area contributed by atoms with E-state index in [9.17, 15) is 19.2 Å². The summed E-state index contributed by atoms with van der Waals surface area (Å²) in [6, 6.07) is 11.2. The van der Waals surface area contributed by atoms with Crippen LogP contribution in [-0.4, -0.2) is 80.8 Å². The molecule has 0 radical (unpaired) electrons. The van der Waals surface area contributed by atoms with Crippen molar-refractivity contribution >= 4 is 57.4 Å². The van der Waals surface area contributed by atoms with Crippen molar-refractivity contribution in [2.24, 2.45) is 0 Å². The molecule has 0 saturated heterocycles. The maximum absolute atomic E-state index is 13.3. The maximum atomic E-state index is 13.3. The van der Waals surface area contributed by atoms with Gasteiger partial charge < -0.3 is 17.1 Å². The number of unbranched alkanes of at least 4 members (excludes halogenated alkanes) is 1. The topological polar surface area (TPSA) is 112 Å². The first kappa shape index (κ1) is 36.8. The molecule has 2 aromatic rings. The standard InChI is InChI=1S/C33H48N2O8Si4/c1-11-13-20-45(6,7)42-47(10,12-2)43-46(8,9)41-44(4,5)21-14-19-35-32(38)27-18-16-25(23-29(27)33(35)39)40-24-15-17-26-28(22-24)31(37)34(3)30(26)36/h12,15-18,22-23H,2,11,13-14,19-21H2,1,3-10H3. The third-order valence-corrected chi connectivity index (χ3v) is 23.8. The van der Waals surface area contributed by atoms with Gasteiger partial charge in [0.25, 0.3) is 23.6 Å². The summed E-state index contributed by atoms with van der Waals surface area (Å²) in [4.78, 5) is 53.5. The number of hydrogen-bond acceptors (Lipinski definition) is 8. The molecule has 1 unspecified atom stereocenters. The first-order chi connectivity index (χ1) is 21.8. The van der Waals surface area contributed by atoms with E-state index in [2.05, 4.69) is 59.3 Å². The van der Waals surface area contributed by atoms with Crippen LogP contribution in [0.2, 0.25) is 57.9 Å². The van der Waals surface area contributed by atoms with Gasteiger partial charge in [0.15, 0.2) is 16.6 Å². The van der Waals surface area contributed by atoms with Gasteiger partial charge in [-0.3, -0.25) is 29.0 Å². The Labute approximate surface area is 282 Å². The number of amides is 4. The van der Waals surface area contributed by atoms with Crippen molar-refractivity contribution in [3.63, 3.8) is 0 Å². The zero-order valence-corrected chi connectivity index (χ0v) is 33.2. The summed E-state index contributed by atoms with van der Waals surface area (Å²) in [7, 11) is -7.95. The number of carbonyl (C=O) groups excluding carboxylic acids is 4. The molecule has 0 saturated carbocycles. The largest absolute Gasteiger partial charge is 0.457 e. The van der Waals surface area contributed by atoms with Crippen LogP contribution in [0.4, 0.5) is 0 Å². The van der Waals surface area contributed by atoms with Crippen LogP contribution in [0.3, 0.4) is 0 Å². The Kier molecular flexibility index (Phi) is 10.9. The molecule has 254 valence electrons. The van der Waals surface area contributed by atoms with Gasteiger partial charge in [-0.15, -0.1) is 6.58 Å². The molecule has 0 aliphatic carbocycles. The fraction of sp³-hybridized carbons (Fsp3) is 0.455. The van der Waals surface area contributed by atoms with Crippen LogP contribution >= 0.6 is 0 Å². The molecule has 2 aromatic carbocycles. The predicted molar refractivity (Wildman–Crippen MR) is 191 cm³/mol. The normalized spacial score (nSPS) is 16.4. The molecule has 4 amide bonds. The lowest BCUT2D eigenvalue weighted by Crippen LogP contribution is -2.57. The molecule has 0 aromatic heterocycles. The van der Waals surface area contributed by atoms with E-state index in [-0.39, 0.29) is 35.4 Å². The lowest BCUT2D eigenvalue weighted by Gasteiger charge is -2.41. The number of ether oxygens (including phenoxy) is 1. The van der Waals surface area contributed by atoms with Crippen LogP contribution in [0.5, 0.6) is 11.5 Å². The number of imide groups is 2. The molecule has 2 heterocycles. The van der Waals surface area contributed by atoms with E-state index in [1.807, 2.05) is 5.70 Å². The molecule has 4 rings (SSSR count). The number of fused-ring (bicyclic) bond motifs is 2. The number of rotatable bonds is 16. The van der Waals surface area contributed by atoms with Crippen molar-refractivity contribution in [1.29, 1.82) is 0 Å². The second kappa shape index (κ2) is 13.9. The summed E-state index contributed by atoms with van der Waals surface area (Å²) in [6.45, 7) is 21.5. The molecule has 0 spiro atoms. The Balaban J connectivity index is 1.35. The summed E-state index contributed by atoms with van der Waals surface area (Å²) in [5, 5.41) is 0. The SMILES string of the molecule is C=C[Si](C)(O[Si](C)(C)CCCC)O[Si](C)(C)O[Si](C)(C)CCCN1C(=O)c2ccc(Oc3ccc4c(c3)C(=O)N(C)C4=O)cc2C1=O. The van der Waals surface area contributed by atoms with E-state index in [1.165, 1.54) is 18.0 Å². The summed E-state index contributed by atoms with van der Waals surface area (Å²) >= 11 is 0. The Morgan fingerprint density at radius 3 is 1.74 bits per heavy atom. The maximum Gasteiger partial charge on any atom is 0.342 e. The van der Waals surface area contributed by atoms with Crippen LogP contribution < -0.4 is 4.74 Å². The van der Waals surface area contributed by atoms with Gasteiger partial charge in [0.2, 0.25) is 0 Å². The molecule has 2 aliphatic heterocycles. The van der Waals surface area contributed by atoms with E-state index in [1.54, 1.807) is 30.3 Å². The minimum Gasteiger partial charge on any atom is -0.457 e. The lowest BCUT2D eigenvalue weighted by atomic mass is 10.1. The quantitative estimate of drug-likeness (QED) is 0.130. The second-order valence-electron chi connectivity index (χ2n) is 14.1. The third kappa shape index (κ3) is 8.54. The van der Waals surface area contributed by atoms with Crippen molar-refractivity contribution in [2.45, 2.75) is 84.1 Å². The molecule has 0 bridgehead atoms. The van der Waals surface area contributed by atoms with Gasteiger partial charge in [0.1, 0.15) is 11.5 Å². The Bertz CT molecular complexity index is 1590. The molecule has 10 nitrogen and oxygen atoms in total. The van der Waals surface area contributed by atoms with Gasteiger partial charge in [-0.1, -0.05) is 25.5 Å². The van der Waals surface area contributed by atoms with E-state index in [0.717, 1.165) is 29.8 Å². The van der Waals surface area contributed by atoms with Crippen molar-refractivity contribution in [3.8, 4) is 11.5 Å². The molecule has 2 aliphatic rings. The summed E-state index contributed by atoms with van der Waals surface area (Å²) < 4.78 is 26.1.